The van der Waals surface area contributed by atoms with E-state index in [1.807, 2.05) is 17.3 Å². The summed E-state index contributed by atoms with van der Waals surface area (Å²) >= 11 is 0. The van der Waals surface area contributed by atoms with E-state index in [-0.39, 0.29) is 11.5 Å². The average Bonchev–Trinajstić information content (AvgIpc) is 3.34. The van der Waals surface area contributed by atoms with Crippen molar-refractivity contribution in [3.63, 3.8) is 0 Å². The molecule has 2 saturated heterocycles. The fraction of sp³-hybridized carbons (Fsp3) is 0.524. The molecule has 12 heteroatoms. The molecule has 33 heavy (non-hydrogen) atoms. The first-order valence-electron chi connectivity index (χ1n) is 10.5. The third-order valence-electron chi connectivity index (χ3n) is 5.57. The topological polar surface area (TPSA) is 109 Å². The molecule has 0 unspecified atom stereocenters. The van der Waals surface area contributed by atoms with E-state index in [1.54, 1.807) is 12.1 Å². The Morgan fingerprint density at radius 3 is 2.33 bits per heavy atom. The molecule has 0 radical (unpaired) electrons. The Labute approximate surface area is 188 Å². The molecule has 0 aromatic carbocycles. The lowest BCUT2D eigenvalue weighted by atomic mass is 9.89. The quantitative estimate of drug-likeness (QED) is 0.730. The molecule has 4 heterocycles. The summed E-state index contributed by atoms with van der Waals surface area (Å²) < 4.78 is 43.1. The van der Waals surface area contributed by atoms with Gasteiger partial charge in [0.05, 0.1) is 25.0 Å². The summed E-state index contributed by atoms with van der Waals surface area (Å²) in [5, 5.41) is 7.12. The molecular weight excluding hydrogens is 445 g/mol. The van der Waals surface area contributed by atoms with Crippen molar-refractivity contribution in [2.45, 2.75) is 38.0 Å². The van der Waals surface area contributed by atoms with Gasteiger partial charge in [-0.2, -0.15) is 13.2 Å². The number of carbonyl (C=O) groups excluding carboxylic acids is 1. The predicted octanol–water partition coefficient (Wildman–Crippen LogP) is 2.78. The zero-order valence-corrected chi connectivity index (χ0v) is 18.0. The second kappa shape index (κ2) is 10.2. The summed E-state index contributed by atoms with van der Waals surface area (Å²) in [6.45, 7) is 5.53. The highest BCUT2D eigenvalue weighted by atomic mass is 19.4. The number of anilines is 1. The van der Waals surface area contributed by atoms with Gasteiger partial charge in [0.25, 0.3) is 5.91 Å². The lowest BCUT2D eigenvalue weighted by Gasteiger charge is -2.47. The van der Waals surface area contributed by atoms with Crippen LogP contribution in [0.5, 0.6) is 0 Å². The minimum atomic E-state index is -5.08. The molecule has 4 rings (SSSR count). The number of hydrogen-bond donors (Lipinski definition) is 1. The molecule has 2 aliphatic rings. The van der Waals surface area contributed by atoms with E-state index in [4.69, 9.17) is 19.1 Å². The van der Waals surface area contributed by atoms with Gasteiger partial charge in [-0.3, -0.25) is 4.79 Å². The van der Waals surface area contributed by atoms with Gasteiger partial charge in [0.1, 0.15) is 0 Å². The normalized spacial score (nSPS) is 17.9. The number of carboxylic acid groups (broad SMARTS) is 1. The number of morpholine rings is 1. The lowest BCUT2D eigenvalue weighted by Crippen LogP contribution is -2.58. The van der Waals surface area contributed by atoms with Crippen LogP contribution in [0, 0.1) is 0 Å². The fourth-order valence-corrected chi connectivity index (χ4v) is 3.68. The third kappa shape index (κ3) is 6.21. The Kier molecular flexibility index (Phi) is 7.57. The second-order valence-electron chi connectivity index (χ2n) is 7.77. The van der Waals surface area contributed by atoms with Gasteiger partial charge in [0.2, 0.25) is 5.95 Å². The standard InChI is InChI=1S/C19H24N4O3.C2HF3O2/c1-2-15-12-20-18(21-13-15)22-7-5-19(6-8-22)14-23(9-11-26-19)17(24)16-4-3-10-25-16;3-2(4,5)1(6)7/h3-4,10,12-13H,2,5-9,11,14H2,1H3;(H,6,7). The van der Waals surface area contributed by atoms with Crippen LogP contribution >= 0.6 is 0 Å². The van der Waals surface area contributed by atoms with E-state index in [0.29, 0.717) is 25.5 Å². The van der Waals surface area contributed by atoms with Gasteiger partial charge in [-0.1, -0.05) is 6.92 Å². The number of aryl methyl sites for hydroxylation is 1. The van der Waals surface area contributed by atoms with Crippen molar-refractivity contribution in [1.82, 2.24) is 14.9 Å². The summed E-state index contributed by atoms with van der Waals surface area (Å²) in [6, 6.07) is 3.45. The van der Waals surface area contributed by atoms with Gasteiger partial charge in [-0.15, -0.1) is 0 Å². The summed E-state index contributed by atoms with van der Waals surface area (Å²) in [6.07, 6.45) is 2.89. The number of amides is 1. The van der Waals surface area contributed by atoms with Crippen LogP contribution < -0.4 is 4.90 Å². The number of rotatable bonds is 3. The van der Waals surface area contributed by atoms with Crippen LogP contribution in [0.25, 0.3) is 0 Å². The highest BCUT2D eigenvalue weighted by molar-refractivity contribution is 5.91. The smallest absolute Gasteiger partial charge is 0.475 e. The van der Waals surface area contributed by atoms with Crippen LogP contribution in [0.4, 0.5) is 19.1 Å². The van der Waals surface area contributed by atoms with E-state index in [0.717, 1.165) is 43.9 Å². The molecule has 1 amide bonds. The van der Waals surface area contributed by atoms with Gasteiger partial charge in [0.15, 0.2) is 5.76 Å². The molecule has 9 nitrogen and oxygen atoms in total. The number of aliphatic carboxylic acids is 1. The molecule has 1 N–H and O–H groups in total. The highest BCUT2D eigenvalue weighted by Crippen LogP contribution is 2.32. The second-order valence-corrected chi connectivity index (χ2v) is 7.77. The van der Waals surface area contributed by atoms with Crippen LogP contribution in [-0.4, -0.2) is 76.4 Å². The minimum Gasteiger partial charge on any atom is -0.475 e. The average molecular weight is 470 g/mol. The monoisotopic (exact) mass is 470 g/mol. The molecular formula is C21H25F3N4O5. The van der Waals surface area contributed by atoms with Crippen LogP contribution in [0.1, 0.15) is 35.9 Å². The number of piperidine rings is 1. The summed E-state index contributed by atoms with van der Waals surface area (Å²) in [4.78, 5) is 34.5. The summed E-state index contributed by atoms with van der Waals surface area (Å²) in [7, 11) is 0. The largest absolute Gasteiger partial charge is 0.490 e. The van der Waals surface area contributed by atoms with Gasteiger partial charge in [-0.25, -0.2) is 14.8 Å². The van der Waals surface area contributed by atoms with Crippen LogP contribution in [0.2, 0.25) is 0 Å². The summed E-state index contributed by atoms with van der Waals surface area (Å²) in [5.74, 6) is -1.65. The third-order valence-corrected chi connectivity index (χ3v) is 5.57. The molecule has 0 atom stereocenters. The number of carboxylic acids is 1. The van der Waals surface area contributed by atoms with Crippen molar-refractivity contribution in [2.24, 2.45) is 0 Å². The number of ether oxygens (including phenoxy) is 1. The molecule has 2 aliphatic heterocycles. The highest BCUT2D eigenvalue weighted by Gasteiger charge is 2.42. The Morgan fingerprint density at radius 1 is 1.18 bits per heavy atom. The maximum Gasteiger partial charge on any atom is 0.490 e. The number of alkyl halides is 3. The predicted molar refractivity (Wildman–Crippen MR) is 110 cm³/mol. The molecule has 0 aliphatic carbocycles. The van der Waals surface area contributed by atoms with E-state index in [1.165, 1.54) is 6.26 Å². The van der Waals surface area contributed by atoms with Crippen LogP contribution in [0.15, 0.2) is 35.2 Å². The molecule has 1 spiro atoms. The first-order valence-corrected chi connectivity index (χ1v) is 10.5. The fourth-order valence-electron chi connectivity index (χ4n) is 3.68. The molecule has 2 aromatic rings. The van der Waals surface area contributed by atoms with E-state index in [2.05, 4.69) is 21.8 Å². The van der Waals surface area contributed by atoms with E-state index < -0.39 is 12.1 Å². The Bertz CT molecular complexity index is 926. The van der Waals surface area contributed by atoms with Crippen LogP contribution in [0.3, 0.4) is 0 Å². The first-order chi connectivity index (χ1) is 15.6. The van der Waals surface area contributed by atoms with E-state index >= 15 is 0 Å². The van der Waals surface area contributed by atoms with Crippen molar-refractivity contribution >= 4 is 17.8 Å². The Morgan fingerprint density at radius 2 is 1.82 bits per heavy atom. The van der Waals surface area contributed by atoms with Crippen molar-refractivity contribution in [3.05, 3.63) is 42.1 Å². The van der Waals surface area contributed by atoms with Crippen LogP contribution in [-0.2, 0) is 16.0 Å². The SMILES string of the molecule is CCc1cnc(N2CCC3(CC2)CN(C(=O)c2ccco2)CCO3)nc1.O=C(O)C(F)(F)F. The van der Waals surface area contributed by atoms with Gasteiger partial charge in [-0.05, 0) is 37.0 Å². The van der Waals surface area contributed by atoms with Gasteiger partial charge in [0, 0.05) is 32.0 Å². The molecule has 0 saturated carbocycles. The van der Waals surface area contributed by atoms with Gasteiger partial charge < -0.3 is 24.1 Å². The molecule has 2 fully saturated rings. The number of halogens is 3. The maximum absolute atomic E-state index is 12.6. The van der Waals surface area contributed by atoms with Crippen molar-refractivity contribution in [1.29, 1.82) is 0 Å². The minimum absolute atomic E-state index is 0.0569. The number of aromatic nitrogens is 2. The molecule has 0 bridgehead atoms. The van der Waals surface area contributed by atoms with E-state index in [9.17, 15) is 18.0 Å². The van der Waals surface area contributed by atoms with Crippen molar-refractivity contribution < 1.29 is 37.0 Å². The van der Waals surface area contributed by atoms with Crippen molar-refractivity contribution in [2.75, 3.05) is 37.7 Å². The Hall–Kier alpha value is -3.15. The number of carbonyl (C=O) groups is 2. The molecule has 2 aromatic heterocycles. The number of nitrogens with zero attached hydrogens (tertiary/aromatic N) is 4. The lowest BCUT2D eigenvalue weighted by molar-refractivity contribution is -0.192. The number of hydrogen-bond acceptors (Lipinski definition) is 7. The van der Waals surface area contributed by atoms with Crippen molar-refractivity contribution in [3.8, 4) is 0 Å². The molecule has 180 valence electrons. The maximum atomic E-state index is 12.6. The first kappa shape index (κ1) is 24.5. The zero-order valence-electron chi connectivity index (χ0n) is 18.0. The Balaban J connectivity index is 0.000000383. The van der Waals surface area contributed by atoms with Gasteiger partial charge >= 0.3 is 12.1 Å². The number of furan rings is 1. The summed E-state index contributed by atoms with van der Waals surface area (Å²) in [5.41, 5.74) is 0.866. The zero-order chi connectivity index (χ0) is 24.1.